The summed E-state index contributed by atoms with van der Waals surface area (Å²) in [5, 5.41) is 0.254. The maximum Gasteiger partial charge on any atom is 0.338 e. The number of hydrogen-bond acceptors (Lipinski definition) is 6. The number of nitrogens with two attached hydrogens (primary N) is 1. The number of nitrogens with one attached hydrogen (secondary N) is 1. The van der Waals surface area contributed by atoms with Gasteiger partial charge in [-0.1, -0.05) is 0 Å². The van der Waals surface area contributed by atoms with E-state index < -0.39 is 21.9 Å². The fourth-order valence-corrected chi connectivity index (χ4v) is 5.66. The summed E-state index contributed by atoms with van der Waals surface area (Å²) in [6, 6.07) is 5.43. The van der Waals surface area contributed by atoms with Crippen LogP contribution in [-0.2, 0) is 27.6 Å². The van der Waals surface area contributed by atoms with Gasteiger partial charge in [-0.05, 0) is 62.4 Å². The minimum atomic E-state index is -3.92. The van der Waals surface area contributed by atoms with Crippen LogP contribution in [0.3, 0.4) is 0 Å². The molecule has 1 aromatic heterocycles. The fraction of sp³-hybridized carbons (Fsp3) is 0.333. The van der Waals surface area contributed by atoms with Crippen LogP contribution in [0.2, 0.25) is 0 Å². The van der Waals surface area contributed by atoms with Crippen LogP contribution in [0.1, 0.15) is 50.9 Å². The lowest BCUT2D eigenvalue weighted by Gasteiger charge is -2.11. The van der Waals surface area contributed by atoms with E-state index in [1.165, 1.54) is 35.6 Å². The maximum absolute atomic E-state index is 12.7. The molecule has 2 aromatic rings. The topological polar surface area (TPSA) is 116 Å². The van der Waals surface area contributed by atoms with Crippen LogP contribution in [0.5, 0.6) is 0 Å². The average Bonchev–Trinajstić information content (AvgIpc) is 2.99. The molecule has 27 heavy (non-hydrogen) atoms. The van der Waals surface area contributed by atoms with Crippen LogP contribution in [0.15, 0.2) is 29.2 Å². The summed E-state index contributed by atoms with van der Waals surface area (Å²) in [5.41, 5.74) is 6.89. The first-order chi connectivity index (χ1) is 12.8. The van der Waals surface area contributed by atoms with E-state index in [1.54, 1.807) is 6.92 Å². The van der Waals surface area contributed by atoms with E-state index in [2.05, 4.69) is 4.72 Å². The normalized spacial score (nSPS) is 13.7. The number of anilines is 1. The molecule has 1 aliphatic carbocycles. The highest BCUT2D eigenvalue weighted by molar-refractivity contribution is 7.93. The van der Waals surface area contributed by atoms with E-state index in [9.17, 15) is 18.0 Å². The Morgan fingerprint density at radius 2 is 1.85 bits per heavy atom. The molecule has 0 spiro atoms. The summed E-state index contributed by atoms with van der Waals surface area (Å²) in [6.07, 6.45) is 3.50. The highest BCUT2D eigenvalue weighted by Gasteiger charge is 2.27. The monoisotopic (exact) mass is 408 g/mol. The van der Waals surface area contributed by atoms with Crippen LogP contribution >= 0.6 is 11.3 Å². The van der Waals surface area contributed by atoms with Gasteiger partial charge in [0.2, 0.25) is 0 Å². The molecule has 144 valence electrons. The van der Waals surface area contributed by atoms with E-state index in [1.807, 2.05) is 0 Å². The molecule has 3 rings (SSSR count). The van der Waals surface area contributed by atoms with Gasteiger partial charge >= 0.3 is 5.97 Å². The van der Waals surface area contributed by atoms with Crippen LogP contribution in [0.4, 0.5) is 5.00 Å². The number of sulfonamides is 1. The van der Waals surface area contributed by atoms with Gasteiger partial charge in [0.05, 0.1) is 22.6 Å². The molecule has 7 nitrogen and oxygen atoms in total. The van der Waals surface area contributed by atoms with Gasteiger partial charge < -0.3 is 10.5 Å². The predicted octanol–water partition coefficient (Wildman–Crippen LogP) is 2.70. The number of thiophene rings is 1. The Kier molecular flexibility index (Phi) is 5.52. The van der Waals surface area contributed by atoms with Crippen molar-refractivity contribution in [3.63, 3.8) is 0 Å². The molecular formula is C18H20N2O5S2. The molecule has 1 amide bonds. The van der Waals surface area contributed by atoms with Crippen molar-refractivity contribution in [2.45, 2.75) is 37.5 Å². The first kappa shape index (κ1) is 19.4. The number of fused-ring (bicyclic) bond motifs is 1. The van der Waals surface area contributed by atoms with Gasteiger partial charge in [-0.15, -0.1) is 11.3 Å². The van der Waals surface area contributed by atoms with Gasteiger partial charge in [0.25, 0.3) is 15.9 Å². The van der Waals surface area contributed by atoms with Crippen molar-refractivity contribution < 1.29 is 22.7 Å². The molecule has 0 radical (unpaired) electrons. The van der Waals surface area contributed by atoms with Gasteiger partial charge in [-0.3, -0.25) is 9.52 Å². The molecule has 1 aliphatic rings. The van der Waals surface area contributed by atoms with Crippen LogP contribution in [-0.4, -0.2) is 26.9 Å². The second kappa shape index (κ2) is 7.69. The van der Waals surface area contributed by atoms with Crippen molar-refractivity contribution in [1.82, 2.24) is 0 Å². The van der Waals surface area contributed by atoms with Gasteiger partial charge in [0.15, 0.2) is 0 Å². The summed E-state index contributed by atoms with van der Waals surface area (Å²) < 4.78 is 32.8. The minimum absolute atomic E-state index is 0.0164. The Morgan fingerprint density at radius 1 is 1.19 bits per heavy atom. The molecule has 0 atom stereocenters. The fourth-order valence-electron chi connectivity index (χ4n) is 3.06. The number of carbonyl (C=O) groups excluding carboxylic acids is 2. The zero-order valence-electron chi connectivity index (χ0n) is 14.8. The molecule has 0 saturated heterocycles. The van der Waals surface area contributed by atoms with E-state index in [-0.39, 0.29) is 27.6 Å². The van der Waals surface area contributed by atoms with Gasteiger partial charge in [0.1, 0.15) is 5.00 Å². The zero-order chi connectivity index (χ0) is 19.6. The van der Waals surface area contributed by atoms with E-state index in [4.69, 9.17) is 10.5 Å². The smallest absolute Gasteiger partial charge is 0.338 e. The number of esters is 1. The summed E-state index contributed by atoms with van der Waals surface area (Å²) in [7, 11) is -3.92. The number of rotatable bonds is 6. The first-order valence-corrected chi connectivity index (χ1v) is 10.9. The highest BCUT2D eigenvalue weighted by Crippen LogP contribution is 2.38. The molecule has 0 fully saturated rings. The van der Waals surface area contributed by atoms with Crippen LogP contribution in [0, 0.1) is 0 Å². The summed E-state index contributed by atoms with van der Waals surface area (Å²) in [4.78, 5) is 24.6. The third-order valence-corrected chi connectivity index (χ3v) is 7.02. The predicted molar refractivity (Wildman–Crippen MR) is 103 cm³/mol. The second-order valence-corrected chi connectivity index (χ2v) is 8.92. The number of primary amides is 1. The molecule has 0 unspecified atom stereocenters. The van der Waals surface area contributed by atoms with Crippen molar-refractivity contribution in [3.05, 3.63) is 45.8 Å². The molecule has 0 saturated carbocycles. The largest absolute Gasteiger partial charge is 0.462 e. The number of carbonyl (C=O) groups is 2. The molecular weight excluding hydrogens is 388 g/mol. The summed E-state index contributed by atoms with van der Waals surface area (Å²) in [6.45, 7) is 1.93. The number of ether oxygens (including phenoxy) is 1. The third kappa shape index (κ3) is 3.98. The average molecular weight is 409 g/mol. The number of aryl methyl sites for hydroxylation is 1. The number of hydrogen-bond donors (Lipinski definition) is 2. The Morgan fingerprint density at radius 3 is 2.48 bits per heavy atom. The van der Waals surface area contributed by atoms with Gasteiger partial charge in [-0.25, -0.2) is 13.2 Å². The van der Waals surface area contributed by atoms with E-state index in [0.29, 0.717) is 0 Å². The lowest BCUT2D eigenvalue weighted by Crippen LogP contribution is -2.19. The summed E-state index contributed by atoms with van der Waals surface area (Å²) in [5.74, 6) is -1.15. The molecule has 1 aromatic carbocycles. The Bertz CT molecular complexity index is 978. The second-order valence-electron chi connectivity index (χ2n) is 6.13. The first-order valence-electron chi connectivity index (χ1n) is 8.58. The minimum Gasteiger partial charge on any atom is -0.462 e. The molecule has 1 heterocycles. The zero-order valence-corrected chi connectivity index (χ0v) is 16.4. The number of amides is 1. The maximum atomic E-state index is 12.7. The van der Waals surface area contributed by atoms with Crippen molar-refractivity contribution in [2.24, 2.45) is 5.73 Å². The standard InChI is InChI=1S/C18H20N2O5S2/c1-2-25-18(22)11-7-9-12(10-8-11)27(23,24)20-17-15(16(19)21)13-5-3-4-6-14(13)26-17/h7-10,20H,2-6H2,1H3,(H2,19,21). The third-order valence-electron chi connectivity index (χ3n) is 4.32. The number of benzene rings is 1. The lowest BCUT2D eigenvalue weighted by atomic mass is 9.95. The highest BCUT2D eigenvalue weighted by atomic mass is 32.2. The van der Waals surface area contributed by atoms with Crippen molar-refractivity contribution >= 4 is 38.2 Å². The van der Waals surface area contributed by atoms with E-state index >= 15 is 0 Å². The van der Waals surface area contributed by atoms with Crippen molar-refractivity contribution in [2.75, 3.05) is 11.3 Å². The van der Waals surface area contributed by atoms with Crippen molar-refractivity contribution in [3.8, 4) is 0 Å². The molecule has 3 N–H and O–H groups in total. The Labute approximate surface area is 161 Å². The molecule has 0 aliphatic heterocycles. The van der Waals surface area contributed by atoms with E-state index in [0.717, 1.165) is 36.1 Å². The van der Waals surface area contributed by atoms with Gasteiger partial charge in [-0.2, -0.15) is 0 Å². The van der Waals surface area contributed by atoms with Gasteiger partial charge in [0, 0.05) is 4.88 Å². The molecule has 0 bridgehead atoms. The van der Waals surface area contributed by atoms with Crippen molar-refractivity contribution in [1.29, 1.82) is 0 Å². The van der Waals surface area contributed by atoms with Crippen LogP contribution in [0.25, 0.3) is 0 Å². The van der Waals surface area contributed by atoms with Crippen LogP contribution < -0.4 is 10.5 Å². The quantitative estimate of drug-likeness (QED) is 0.713. The lowest BCUT2D eigenvalue weighted by molar-refractivity contribution is 0.0526. The SMILES string of the molecule is CCOC(=O)c1ccc(S(=O)(=O)Nc2sc3c(c2C(N)=O)CCCC3)cc1. The Balaban J connectivity index is 1.90. The Hall–Kier alpha value is -2.39. The summed E-state index contributed by atoms with van der Waals surface area (Å²) >= 11 is 1.26. The molecule has 9 heteroatoms.